The number of rotatable bonds is 3. The summed E-state index contributed by atoms with van der Waals surface area (Å²) in [5.74, 6) is 0. The minimum atomic E-state index is 0.759. The van der Waals surface area contributed by atoms with Crippen molar-refractivity contribution in [3.63, 3.8) is 0 Å². The number of ether oxygens (including phenoxy) is 1. The van der Waals surface area contributed by atoms with E-state index < -0.39 is 0 Å². The van der Waals surface area contributed by atoms with E-state index in [1.165, 1.54) is 19.4 Å². The van der Waals surface area contributed by atoms with Crippen LogP contribution in [0.3, 0.4) is 0 Å². The molecule has 0 aromatic carbocycles. The summed E-state index contributed by atoms with van der Waals surface area (Å²) in [7, 11) is 1.75. The van der Waals surface area contributed by atoms with E-state index >= 15 is 0 Å². The van der Waals surface area contributed by atoms with E-state index in [2.05, 4.69) is 5.32 Å². The summed E-state index contributed by atoms with van der Waals surface area (Å²) in [5, 5.41) is 3.30. The van der Waals surface area contributed by atoms with Gasteiger partial charge in [-0.2, -0.15) is 0 Å². The highest BCUT2D eigenvalue weighted by Gasteiger charge is 2.14. The molecule has 1 rings (SSSR count). The first kappa shape index (κ1) is 6.05. The zero-order valence-electron chi connectivity index (χ0n) is 5.31. The average molecular weight is 115 g/mol. The Morgan fingerprint density at radius 2 is 2.50 bits per heavy atom. The van der Waals surface area contributed by atoms with Crippen molar-refractivity contribution in [3.8, 4) is 0 Å². The molecular weight excluding hydrogens is 102 g/mol. The number of methoxy groups -OCH3 is 1. The van der Waals surface area contributed by atoms with Gasteiger partial charge in [-0.3, -0.25) is 0 Å². The topological polar surface area (TPSA) is 21.3 Å². The van der Waals surface area contributed by atoms with Crippen molar-refractivity contribution in [1.29, 1.82) is 0 Å². The van der Waals surface area contributed by atoms with Crippen LogP contribution in [0.25, 0.3) is 0 Å². The molecule has 0 aromatic rings. The molecule has 1 heterocycles. The first-order valence-corrected chi connectivity index (χ1v) is 3.16. The fraction of sp³-hybridized carbons (Fsp3) is 1.00. The first-order chi connectivity index (χ1) is 3.93. The lowest BCUT2D eigenvalue weighted by atomic mass is 10.1. The Balaban J connectivity index is 1.86. The maximum atomic E-state index is 4.91. The molecule has 0 aliphatic carbocycles. The van der Waals surface area contributed by atoms with E-state index in [1.807, 2.05) is 0 Å². The first-order valence-electron chi connectivity index (χ1n) is 3.16. The standard InChI is InChI=1S/C6H13NO/c1-8-5-3-6-2-4-7-6/h6-7H,2-5H2,1H3/t6-/m0/s1. The van der Waals surface area contributed by atoms with Gasteiger partial charge in [-0.1, -0.05) is 0 Å². The van der Waals surface area contributed by atoms with Gasteiger partial charge in [-0.25, -0.2) is 0 Å². The minimum Gasteiger partial charge on any atom is -0.385 e. The molecule has 1 aliphatic rings. The normalized spacial score (nSPS) is 27.4. The van der Waals surface area contributed by atoms with Crippen LogP contribution < -0.4 is 5.32 Å². The zero-order valence-corrected chi connectivity index (χ0v) is 5.31. The molecule has 2 nitrogen and oxygen atoms in total. The summed E-state index contributed by atoms with van der Waals surface area (Å²) < 4.78 is 4.91. The van der Waals surface area contributed by atoms with Crippen LogP contribution in [0.2, 0.25) is 0 Å². The monoisotopic (exact) mass is 115 g/mol. The van der Waals surface area contributed by atoms with Gasteiger partial charge < -0.3 is 10.1 Å². The molecule has 0 radical (unpaired) electrons. The lowest BCUT2D eigenvalue weighted by molar-refractivity contribution is 0.169. The smallest absolute Gasteiger partial charge is 0.0477 e. The summed E-state index contributed by atoms with van der Waals surface area (Å²) in [5.41, 5.74) is 0. The molecule has 0 saturated carbocycles. The maximum Gasteiger partial charge on any atom is 0.0477 e. The molecule has 2 heteroatoms. The second-order valence-corrected chi connectivity index (χ2v) is 2.22. The minimum absolute atomic E-state index is 0.759. The van der Waals surface area contributed by atoms with E-state index in [0.717, 1.165) is 12.6 Å². The number of hydrogen-bond acceptors (Lipinski definition) is 2. The highest BCUT2D eigenvalue weighted by Crippen LogP contribution is 2.05. The van der Waals surface area contributed by atoms with Gasteiger partial charge in [-0.15, -0.1) is 0 Å². The van der Waals surface area contributed by atoms with Gasteiger partial charge in [0.25, 0.3) is 0 Å². The Morgan fingerprint density at radius 1 is 1.75 bits per heavy atom. The molecule has 1 atom stereocenters. The Kier molecular flexibility index (Phi) is 2.30. The fourth-order valence-corrected chi connectivity index (χ4v) is 0.855. The van der Waals surface area contributed by atoms with E-state index in [4.69, 9.17) is 4.74 Å². The fourth-order valence-electron chi connectivity index (χ4n) is 0.855. The third kappa shape index (κ3) is 1.46. The summed E-state index contributed by atoms with van der Waals surface area (Å²) in [6.07, 6.45) is 2.51. The predicted octanol–water partition coefficient (Wildman–Crippen LogP) is 0.385. The molecule has 0 aromatic heterocycles. The summed E-state index contributed by atoms with van der Waals surface area (Å²) in [4.78, 5) is 0. The van der Waals surface area contributed by atoms with Crippen molar-refractivity contribution in [2.45, 2.75) is 18.9 Å². The second-order valence-electron chi connectivity index (χ2n) is 2.22. The van der Waals surface area contributed by atoms with E-state index in [-0.39, 0.29) is 0 Å². The van der Waals surface area contributed by atoms with Crippen molar-refractivity contribution in [1.82, 2.24) is 5.32 Å². The van der Waals surface area contributed by atoms with Gasteiger partial charge in [0.15, 0.2) is 0 Å². The molecule has 1 N–H and O–H groups in total. The predicted molar refractivity (Wildman–Crippen MR) is 32.9 cm³/mol. The lowest BCUT2D eigenvalue weighted by Crippen LogP contribution is -2.43. The van der Waals surface area contributed by atoms with Crippen LogP contribution >= 0.6 is 0 Å². The zero-order chi connectivity index (χ0) is 5.82. The van der Waals surface area contributed by atoms with Gasteiger partial charge in [0.1, 0.15) is 0 Å². The van der Waals surface area contributed by atoms with Crippen molar-refractivity contribution < 1.29 is 4.74 Å². The Labute approximate surface area is 50.2 Å². The van der Waals surface area contributed by atoms with E-state index in [1.54, 1.807) is 7.11 Å². The molecule has 8 heavy (non-hydrogen) atoms. The molecule has 0 unspecified atom stereocenters. The van der Waals surface area contributed by atoms with Gasteiger partial charge in [0.2, 0.25) is 0 Å². The molecule has 0 spiro atoms. The third-order valence-corrected chi connectivity index (χ3v) is 1.60. The molecule has 0 amide bonds. The third-order valence-electron chi connectivity index (χ3n) is 1.60. The summed E-state index contributed by atoms with van der Waals surface area (Å²) in [6, 6.07) is 0.759. The van der Waals surface area contributed by atoms with Crippen LogP contribution in [-0.2, 0) is 4.74 Å². The highest BCUT2D eigenvalue weighted by atomic mass is 16.5. The van der Waals surface area contributed by atoms with Crippen LogP contribution in [0, 0.1) is 0 Å². The molecular formula is C6H13NO. The van der Waals surface area contributed by atoms with Crippen LogP contribution in [0.1, 0.15) is 12.8 Å². The molecule has 1 saturated heterocycles. The lowest BCUT2D eigenvalue weighted by Gasteiger charge is -2.26. The van der Waals surface area contributed by atoms with Gasteiger partial charge in [0, 0.05) is 19.8 Å². The van der Waals surface area contributed by atoms with Crippen molar-refractivity contribution in [2.75, 3.05) is 20.3 Å². The SMILES string of the molecule is COCC[C@@H]1CCN1. The largest absolute Gasteiger partial charge is 0.385 e. The maximum absolute atomic E-state index is 4.91. The quantitative estimate of drug-likeness (QED) is 0.574. The molecule has 48 valence electrons. The van der Waals surface area contributed by atoms with E-state index in [0.29, 0.717) is 0 Å². The highest BCUT2D eigenvalue weighted by molar-refractivity contribution is 4.76. The van der Waals surface area contributed by atoms with Crippen LogP contribution in [0.4, 0.5) is 0 Å². The summed E-state index contributed by atoms with van der Waals surface area (Å²) in [6.45, 7) is 2.10. The molecule has 1 fully saturated rings. The van der Waals surface area contributed by atoms with Crippen LogP contribution in [-0.4, -0.2) is 26.3 Å². The van der Waals surface area contributed by atoms with Crippen LogP contribution in [0.15, 0.2) is 0 Å². The van der Waals surface area contributed by atoms with E-state index in [9.17, 15) is 0 Å². The second kappa shape index (κ2) is 3.05. The Morgan fingerprint density at radius 3 is 2.88 bits per heavy atom. The van der Waals surface area contributed by atoms with Gasteiger partial charge in [-0.05, 0) is 19.4 Å². The number of hydrogen-bond donors (Lipinski definition) is 1. The van der Waals surface area contributed by atoms with Crippen molar-refractivity contribution >= 4 is 0 Å². The molecule has 0 bridgehead atoms. The van der Waals surface area contributed by atoms with Crippen molar-refractivity contribution in [2.24, 2.45) is 0 Å². The Hall–Kier alpha value is -0.0800. The van der Waals surface area contributed by atoms with Crippen LogP contribution in [0.5, 0.6) is 0 Å². The summed E-state index contributed by atoms with van der Waals surface area (Å²) >= 11 is 0. The molecule has 1 aliphatic heterocycles. The van der Waals surface area contributed by atoms with Crippen molar-refractivity contribution in [3.05, 3.63) is 0 Å². The van der Waals surface area contributed by atoms with Gasteiger partial charge in [0.05, 0.1) is 0 Å². The average Bonchev–Trinajstić information content (AvgIpc) is 1.63. The van der Waals surface area contributed by atoms with Gasteiger partial charge >= 0.3 is 0 Å². The number of nitrogens with one attached hydrogen (secondary N) is 1. The Bertz CT molecular complexity index is 61.5.